The molecule has 1 heterocycles. The maximum absolute atomic E-state index is 12.8. The zero-order valence-corrected chi connectivity index (χ0v) is 15.3. The molecule has 0 spiro atoms. The minimum atomic E-state index is -3.54. The second kappa shape index (κ2) is 8.10. The van der Waals surface area contributed by atoms with Gasteiger partial charge in [-0.3, -0.25) is 4.79 Å². The van der Waals surface area contributed by atoms with E-state index < -0.39 is 10.0 Å². The van der Waals surface area contributed by atoms with Crippen LogP contribution in [0.15, 0.2) is 23.1 Å². The lowest BCUT2D eigenvalue weighted by Gasteiger charge is -2.31. The average Bonchev–Trinajstić information content (AvgIpc) is 2.49. The molecule has 0 radical (unpaired) electrons. The summed E-state index contributed by atoms with van der Waals surface area (Å²) in [5.41, 5.74) is 1.37. The molecule has 23 heavy (non-hydrogen) atoms. The SMILES string of the molecule is CNC1CCCN(S(=O)(=O)c2ccc(C)c(NC(C)=O)c2)C1.Cl. The van der Waals surface area contributed by atoms with Gasteiger partial charge in [0.05, 0.1) is 4.90 Å². The standard InChI is InChI=1S/C15H23N3O3S.ClH/c1-11-6-7-14(9-15(11)17-12(2)19)22(20,21)18-8-4-5-13(10-18)16-3;/h6-7,9,13,16H,4-5,8,10H2,1-3H3,(H,17,19);1H. The Bertz CT molecular complexity index is 664. The molecule has 1 aromatic carbocycles. The van der Waals surface area contributed by atoms with Gasteiger partial charge in [0.25, 0.3) is 0 Å². The van der Waals surface area contributed by atoms with Crippen LogP contribution < -0.4 is 10.6 Å². The molecule has 2 rings (SSSR count). The summed E-state index contributed by atoms with van der Waals surface area (Å²) in [5.74, 6) is -0.217. The van der Waals surface area contributed by atoms with Crippen molar-refractivity contribution >= 4 is 34.0 Å². The Hall–Kier alpha value is -1.15. The van der Waals surface area contributed by atoms with Gasteiger partial charge >= 0.3 is 0 Å². The second-order valence-electron chi connectivity index (χ2n) is 5.65. The topological polar surface area (TPSA) is 78.5 Å². The molecular weight excluding hydrogens is 338 g/mol. The number of rotatable bonds is 4. The Labute approximate surface area is 144 Å². The predicted molar refractivity (Wildman–Crippen MR) is 93.6 cm³/mol. The molecule has 1 amide bonds. The minimum Gasteiger partial charge on any atom is -0.326 e. The van der Waals surface area contributed by atoms with Crippen LogP contribution in [0.2, 0.25) is 0 Å². The van der Waals surface area contributed by atoms with Crippen molar-refractivity contribution in [2.45, 2.75) is 37.6 Å². The fourth-order valence-electron chi connectivity index (χ4n) is 2.63. The van der Waals surface area contributed by atoms with Gasteiger partial charge in [-0.2, -0.15) is 4.31 Å². The van der Waals surface area contributed by atoms with Gasteiger partial charge < -0.3 is 10.6 Å². The number of benzene rings is 1. The number of carbonyl (C=O) groups excluding carboxylic acids is 1. The van der Waals surface area contributed by atoms with Crippen LogP contribution in [0.25, 0.3) is 0 Å². The zero-order valence-electron chi connectivity index (χ0n) is 13.6. The van der Waals surface area contributed by atoms with E-state index in [4.69, 9.17) is 0 Å². The number of piperidine rings is 1. The van der Waals surface area contributed by atoms with E-state index in [0.717, 1.165) is 18.4 Å². The van der Waals surface area contributed by atoms with E-state index >= 15 is 0 Å². The maximum Gasteiger partial charge on any atom is 0.243 e. The summed E-state index contributed by atoms with van der Waals surface area (Å²) in [4.78, 5) is 11.5. The fraction of sp³-hybridized carbons (Fsp3) is 0.533. The lowest BCUT2D eigenvalue weighted by molar-refractivity contribution is -0.114. The smallest absolute Gasteiger partial charge is 0.243 e. The zero-order chi connectivity index (χ0) is 16.3. The van der Waals surface area contributed by atoms with E-state index in [1.807, 2.05) is 14.0 Å². The summed E-state index contributed by atoms with van der Waals surface area (Å²) in [6, 6.07) is 5.04. The van der Waals surface area contributed by atoms with E-state index in [0.29, 0.717) is 18.8 Å². The summed E-state index contributed by atoms with van der Waals surface area (Å²) in [5, 5.41) is 5.82. The summed E-state index contributed by atoms with van der Waals surface area (Å²) in [6.45, 7) is 4.24. The molecule has 6 nitrogen and oxygen atoms in total. The lowest BCUT2D eigenvalue weighted by atomic mass is 10.1. The number of hydrogen-bond donors (Lipinski definition) is 2. The van der Waals surface area contributed by atoms with Crippen molar-refractivity contribution in [2.75, 3.05) is 25.5 Å². The Balaban J connectivity index is 0.00000264. The second-order valence-corrected chi connectivity index (χ2v) is 7.59. The molecule has 1 aliphatic rings. The van der Waals surface area contributed by atoms with Gasteiger partial charge in [0.15, 0.2) is 0 Å². The van der Waals surface area contributed by atoms with Crippen LogP contribution in [0.4, 0.5) is 5.69 Å². The highest BCUT2D eigenvalue weighted by molar-refractivity contribution is 7.89. The molecular formula is C15H24ClN3O3S. The molecule has 0 aromatic heterocycles. The van der Waals surface area contributed by atoms with Crippen LogP contribution in [-0.2, 0) is 14.8 Å². The van der Waals surface area contributed by atoms with Gasteiger partial charge in [0, 0.05) is 31.7 Å². The van der Waals surface area contributed by atoms with Gasteiger partial charge in [-0.05, 0) is 44.5 Å². The van der Waals surface area contributed by atoms with Crippen molar-refractivity contribution in [2.24, 2.45) is 0 Å². The number of anilines is 1. The molecule has 8 heteroatoms. The molecule has 130 valence electrons. The van der Waals surface area contributed by atoms with Gasteiger partial charge in [-0.1, -0.05) is 6.07 Å². The maximum atomic E-state index is 12.8. The monoisotopic (exact) mass is 361 g/mol. The highest BCUT2D eigenvalue weighted by Crippen LogP contribution is 2.25. The summed E-state index contributed by atoms with van der Waals surface area (Å²) < 4.78 is 27.1. The third kappa shape index (κ3) is 4.67. The third-order valence-corrected chi connectivity index (χ3v) is 5.81. The number of likely N-dealkylation sites (N-methyl/N-ethyl adjacent to an activating group) is 1. The molecule has 2 N–H and O–H groups in total. The number of amides is 1. The molecule has 1 unspecified atom stereocenters. The van der Waals surface area contributed by atoms with Gasteiger partial charge in [-0.15, -0.1) is 12.4 Å². The highest BCUT2D eigenvalue weighted by Gasteiger charge is 2.30. The minimum absolute atomic E-state index is 0. The molecule has 1 saturated heterocycles. The quantitative estimate of drug-likeness (QED) is 0.856. The van der Waals surface area contributed by atoms with Crippen LogP contribution in [-0.4, -0.2) is 44.8 Å². The Morgan fingerprint density at radius 3 is 2.65 bits per heavy atom. The van der Waals surface area contributed by atoms with Crippen molar-refractivity contribution < 1.29 is 13.2 Å². The van der Waals surface area contributed by atoms with Crippen molar-refractivity contribution in [3.63, 3.8) is 0 Å². The van der Waals surface area contributed by atoms with Gasteiger partial charge in [-0.25, -0.2) is 8.42 Å². The molecule has 1 aromatic rings. The first kappa shape index (κ1) is 19.9. The first-order valence-corrected chi connectivity index (χ1v) is 8.84. The van der Waals surface area contributed by atoms with E-state index in [1.165, 1.54) is 17.3 Å². The number of nitrogens with zero attached hydrogens (tertiary/aromatic N) is 1. The average molecular weight is 362 g/mol. The first-order valence-electron chi connectivity index (χ1n) is 7.40. The van der Waals surface area contributed by atoms with Crippen molar-refractivity contribution in [1.82, 2.24) is 9.62 Å². The Kier molecular flexibility index (Phi) is 7.01. The van der Waals surface area contributed by atoms with E-state index in [1.54, 1.807) is 12.1 Å². The number of nitrogens with one attached hydrogen (secondary N) is 2. The van der Waals surface area contributed by atoms with Gasteiger partial charge in [0.2, 0.25) is 15.9 Å². The number of hydrogen-bond acceptors (Lipinski definition) is 4. The number of aryl methyl sites for hydroxylation is 1. The fourth-order valence-corrected chi connectivity index (χ4v) is 4.18. The first-order chi connectivity index (χ1) is 10.3. The lowest BCUT2D eigenvalue weighted by Crippen LogP contribution is -2.46. The molecule has 1 fully saturated rings. The van der Waals surface area contributed by atoms with Crippen LogP contribution in [0.5, 0.6) is 0 Å². The van der Waals surface area contributed by atoms with E-state index in [2.05, 4.69) is 10.6 Å². The van der Waals surface area contributed by atoms with Crippen LogP contribution in [0.1, 0.15) is 25.3 Å². The molecule has 1 atom stereocenters. The number of carbonyl (C=O) groups is 1. The summed E-state index contributed by atoms with van der Waals surface area (Å²) >= 11 is 0. The van der Waals surface area contributed by atoms with E-state index in [9.17, 15) is 13.2 Å². The number of halogens is 1. The summed E-state index contributed by atoms with van der Waals surface area (Å²) in [7, 11) is -1.69. The number of sulfonamides is 1. The molecule has 0 aliphatic carbocycles. The van der Waals surface area contributed by atoms with Crippen LogP contribution in [0, 0.1) is 6.92 Å². The van der Waals surface area contributed by atoms with Crippen LogP contribution in [0.3, 0.4) is 0 Å². The Morgan fingerprint density at radius 1 is 1.35 bits per heavy atom. The Morgan fingerprint density at radius 2 is 2.04 bits per heavy atom. The van der Waals surface area contributed by atoms with E-state index in [-0.39, 0.29) is 29.3 Å². The summed E-state index contributed by atoms with van der Waals surface area (Å²) in [6.07, 6.45) is 1.82. The van der Waals surface area contributed by atoms with Gasteiger partial charge in [0.1, 0.15) is 0 Å². The van der Waals surface area contributed by atoms with Crippen molar-refractivity contribution in [3.8, 4) is 0 Å². The largest absolute Gasteiger partial charge is 0.326 e. The normalized spacial score (nSPS) is 19.0. The van der Waals surface area contributed by atoms with Crippen molar-refractivity contribution in [1.29, 1.82) is 0 Å². The molecule has 0 bridgehead atoms. The highest BCUT2D eigenvalue weighted by atomic mass is 35.5. The van der Waals surface area contributed by atoms with Crippen molar-refractivity contribution in [3.05, 3.63) is 23.8 Å². The molecule has 1 aliphatic heterocycles. The molecule has 0 saturated carbocycles. The van der Waals surface area contributed by atoms with Crippen LogP contribution >= 0.6 is 12.4 Å². The predicted octanol–water partition coefficient (Wildman–Crippen LogP) is 1.75. The third-order valence-electron chi connectivity index (χ3n) is 3.95.